The maximum absolute atomic E-state index is 14.1. The molecule has 0 saturated carbocycles. The maximum atomic E-state index is 14.1. The first-order valence-electron chi connectivity index (χ1n) is 6.63. The van der Waals surface area contributed by atoms with Gasteiger partial charge in [-0.25, -0.2) is 8.78 Å². The summed E-state index contributed by atoms with van der Waals surface area (Å²) in [4.78, 5) is -0.782. The second-order valence-corrected chi connectivity index (χ2v) is 8.00. The van der Waals surface area contributed by atoms with Crippen LogP contribution in [0.2, 0.25) is 0 Å². The Morgan fingerprint density at radius 2 is 1.41 bits per heavy atom. The number of alkyl halides is 7. The molecular weight excluding hydrogens is 543 g/mol. The van der Waals surface area contributed by atoms with E-state index in [2.05, 4.69) is 31.9 Å². The number of hydrogen-bond donors (Lipinski definition) is 0. The van der Waals surface area contributed by atoms with Gasteiger partial charge in [0.1, 0.15) is 11.6 Å². The van der Waals surface area contributed by atoms with Crippen LogP contribution in [0.4, 0.5) is 39.5 Å². The van der Waals surface area contributed by atoms with E-state index in [1.165, 1.54) is 6.07 Å². The van der Waals surface area contributed by atoms with Gasteiger partial charge in [0.15, 0.2) is 0 Å². The van der Waals surface area contributed by atoms with Gasteiger partial charge in [-0.2, -0.15) is 30.7 Å². The lowest BCUT2D eigenvalue weighted by molar-refractivity contribution is -0.330. The third-order valence-corrected chi connectivity index (χ3v) is 5.32. The molecule has 0 saturated heterocycles. The quantitative estimate of drug-likeness (QED) is 0.276. The van der Waals surface area contributed by atoms with Gasteiger partial charge in [-0.15, -0.1) is 0 Å². The van der Waals surface area contributed by atoms with E-state index in [4.69, 9.17) is 0 Å². The fourth-order valence-corrected chi connectivity index (χ4v) is 4.70. The molecule has 0 radical (unpaired) electrons. The summed E-state index contributed by atoms with van der Waals surface area (Å²) in [6.07, 6.45) is -6.51. The summed E-state index contributed by atoms with van der Waals surface area (Å²) < 4.78 is 118. The van der Waals surface area contributed by atoms with Gasteiger partial charge in [0.2, 0.25) is 0 Å². The predicted octanol–water partition coefficient (Wildman–Crippen LogP) is 8.04. The molecular formula is C15H5Br2F9S. The van der Waals surface area contributed by atoms with E-state index < -0.39 is 56.8 Å². The highest BCUT2D eigenvalue weighted by Gasteiger charge is 2.73. The molecule has 0 heterocycles. The standard InChI is InChI=1S/C15H5Br2F9S/c16-6-3-9(17)12(8-2-1-7(18)5-10(8)19)11(4-6)27-15(25,26)13(20,21)14(22,23)24/h1-5H. The van der Waals surface area contributed by atoms with E-state index in [1.807, 2.05) is 0 Å². The Morgan fingerprint density at radius 3 is 1.93 bits per heavy atom. The van der Waals surface area contributed by atoms with E-state index in [0.717, 1.165) is 18.2 Å². The summed E-state index contributed by atoms with van der Waals surface area (Å²) >= 11 is 4.74. The zero-order chi connectivity index (χ0) is 20.8. The van der Waals surface area contributed by atoms with Gasteiger partial charge in [0.25, 0.3) is 0 Å². The van der Waals surface area contributed by atoms with Crippen LogP contribution in [-0.4, -0.2) is 17.4 Å². The van der Waals surface area contributed by atoms with Gasteiger partial charge in [-0.3, -0.25) is 0 Å². The summed E-state index contributed by atoms with van der Waals surface area (Å²) in [5.41, 5.74) is -0.900. The summed E-state index contributed by atoms with van der Waals surface area (Å²) in [5, 5.41) is -5.60. The molecule has 148 valence electrons. The van der Waals surface area contributed by atoms with Crippen molar-refractivity contribution in [3.63, 3.8) is 0 Å². The van der Waals surface area contributed by atoms with Crippen molar-refractivity contribution in [2.45, 2.75) is 22.2 Å². The highest BCUT2D eigenvalue weighted by molar-refractivity contribution is 9.11. The lowest BCUT2D eigenvalue weighted by Gasteiger charge is -2.28. The fourth-order valence-electron chi connectivity index (χ4n) is 1.95. The summed E-state index contributed by atoms with van der Waals surface area (Å²) in [7, 11) is 0. The van der Waals surface area contributed by atoms with Crippen molar-refractivity contribution in [2.75, 3.05) is 0 Å². The summed E-state index contributed by atoms with van der Waals surface area (Å²) in [5.74, 6) is -8.56. The molecule has 12 heteroatoms. The van der Waals surface area contributed by atoms with E-state index in [-0.39, 0.29) is 8.95 Å². The third kappa shape index (κ3) is 4.42. The van der Waals surface area contributed by atoms with Crippen LogP contribution in [0.1, 0.15) is 0 Å². The molecule has 0 aliphatic heterocycles. The monoisotopic (exact) mass is 546 g/mol. The lowest BCUT2D eigenvalue weighted by atomic mass is 10.1. The van der Waals surface area contributed by atoms with E-state index >= 15 is 0 Å². The van der Waals surface area contributed by atoms with Crippen molar-refractivity contribution in [3.05, 3.63) is 50.9 Å². The van der Waals surface area contributed by atoms with Crippen LogP contribution in [0.15, 0.2) is 44.2 Å². The van der Waals surface area contributed by atoms with Crippen LogP contribution in [-0.2, 0) is 0 Å². The summed E-state index contributed by atoms with van der Waals surface area (Å²) in [6.45, 7) is 0. The third-order valence-electron chi connectivity index (χ3n) is 3.18. The Kier molecular flexibility index (Phi) is 6.23. The maximum Gasteiger partial charge on any atom is 0.460 e. The van der Waals surface area contributed by atoms with Crippen molar-refractivity contribution < 1.29 is 39.5 Å². The molecule has 0 aliphatic rings. The topological polar surface area (TPSA) is 0 Å². The Hall–Kier alpha value is -0.880. The number of benzene rings is 2. The number of hydrogen-bond acceptors (Lipinski definition) is 1. The van der Waals surface area contributed by atoms with Gasteiger partial charge in [-0.05, 0) is 36.0 Å². The van der Waals surface area contributed by atoms with Gasteiger partial charge >= 0.3 is 17.4 Å². The molecule has 0 fully saturated rings. The zero-order valence-corrected chi connectivity index (χ0v) is 16.4. The van der Waals surface area contributed by atoms with Crippen LogP contribution in [0.25, 0.3) is 11.1 Å². The molecule has 0 bridgehead atoms. The molecule has 2 aromatic carbocycles. The molecule has 0 nitrogen and oxygen atoms in total. The molecule has 0 atom stereocenters. The van der Waals surface area contributed by atoms with Crippen LogP contribution in [0.3, 0.4) is 0 Å². The highest BCUT2D eigenvalue weighted by atomic mass is 79.9. The first kappa shape index (κ1) is 22.4. The van der Waals surface area contributed by atoms with E-state index in [1.54, 1.807) is 0 Å². The summed E-state index contributed by atoms with van der Waals surface area (Å²) in [6, 6.07) is 4.11. The van der Waals surface area contributed by atoms with Crippen molar-refractivity contribution in [1.82, 2.24) is 0 Å². The van der Waals surface area contributed by atoms with Crippen LogP contribution in [0, 0.1) is 11.6 Å². The lowest BCUT2D eigenvalue weighted by Crippen LogP contribution is -2.49. The molecule has 0 unspecified atom stereocenters. The number of rotatable bonds is 4. The minimum Gasteiger partial charge on any atom is -0.207 e. The molecule has 0 aliphatic carbocycles. The van der Waals surface area contributed by atoms with Crippen LogP contribution < -0.4 is 0 Å². The molecule has 0 amide bonds. The van der Waals surface area contributed by atoms with Crippen LogP contribution >= 0.6 is 43.6 Å². The number of thioether (sulfide) groups is 1. The van der Waals surface area contributed by atoms with Crippen molar-refractivity contribution in [2.24, 2.45) is 0 Å². The molecule has 2 aromatic rings. The highest BCUT2D eigenvalue weighted by Crippen LogP contribution is 2.56. The second-order valence-electron chi connectivity index (χ2n) is 5.08. The Bertz CT molecular complexity index is 865. The molecule has 0 N–H and O–H groups in total. The smallest absolute Gasteiger partial charge is 0.207 e. The average molecular weight is 548 g/mol. The minimum absolute atomic E-state index is 0.0502. The van der Waals surface area contributed by atoms with Crippen molar-refractivity contribution in [3.8, 4) is 11.1 Å². The van der Waals surface area contributed by atoms with E-state index in [0.29, 0.717) is 6.07 Å². The van der Waals surface area contributed by atoms with Crippen molar-refractivity contribution >= 4 is 43.6 Å². The first-order chi connectivity index (χ1) is 12.2. The number of halogens is 11. The Balaban J connectivity index is 2.64. The normalized spacial score (nSPS) is 13.1. The average Bonchev–Trinajstić information content (AvgIpc) is 2.46. The first-order valence-corrected chi connectivity index (χ1v) is 9.03. The van der Waals surface area contributed by atoms with Gasteiger partial charge in [0.05, 0.1) is 0 Å². The molecule has 0 aromatic heterocycles. The Morgan fingerprint density at radius 1 is 0.815 bits per heavy atom. The SMILES string of the molecule is Fc1ccc(-c2c(Br)cc(Br)cc2SC(F)(F)C(F)(F)C(F)(F)F)c(F)c1. The van der Waals surface area contributed by atoms with Gasteiger partial charge in [0, 0.05) is 31.0 Å². The predicted molar refractivity (Wildman–Crippen MR) is 89.0 cm³/mol. The molecule has 0 spiro atoms. The van der Waals surface area contributed by atoms with Crippen molar-refractivity contribution in [1.29, 1.82) is 0 Å². The largest absolute Gasteiger partial charge is 0.460 e. The Labute approximate surface area is 167 Å². The fraction of sp³-hybridized carbons (Fsp3) is 0.200. The van der Waals surface area contributed by atoms with Crippen LogP contribution in [0.5, 0.6) is 0 Å². The van der Waals surface area contributed by atoms with E-state index in [9.17, 15) is 39.5 Å². The molecule has 2 rings (SSSR count). The van der Waals surface area contributed by atoms with Gasteiger partial charge in [-0.1, -0.05) is 31.9 Å². The minimum atomic E-state index is -6.51. The second kappa shape index (κ2) is 7.51. The zero-order valence-electron chi connectivity index (χ0n) is 12.5. The molecule has 27 heavy (non-hydrogen) atoms. The van der Waals surface area contributed by atoms with Gasteiger partial charge < -0.3 is 0 Å².